The largest absolute Gasteiger partial charge is 0.351 e. The van der Waals surface area contributed by atoms with Crippen molar-refractivity contribution in [3.63, 3.8) is 0 Å². The first-order valence-corrected chi connectivity index (χ1v) is 12.2. The van der Waals surface area contributed by atoms with E-state index in [1.54, 1.807) is 50.6 Å². The van der Waals surface area contributed by atoms with Gasteiger partial charge in [-0.15, -0.1) is 0 Å². The highest BCUT2D eigenvalue weighted by Crippen LogP contribution is 2.30. The second-order valence-electron chi connectivity index (χ2n) is 9.37. The minimum Gasteiger partial charge on any atom is -0.351 e. The molecule has 3 heterocycles. The second kappa shape index (κ2) is 11.0. The van der Waals surface area contributed by atoms with Crippen molar-refractivity contribution in [3.8, 4) is 28.5 Å². The normalized spacial score (nSPS) is 10.9. The van der Waals surface area contributed by atoms with Crippen LogP contribution in [0.5, 0.6) is 0 Å². The van der Waals surface area contributed by atoms with Crippen molar-refractivity contribution in [1.29, 1.82) is 5.26 Å². The van der Waals surface area contributed by atoms with E-state index < -0.39 is 5.41 Å². The van der Waals surface area contributed by atoms with Crippen LogP contribution in [-0.4, -0.2) is 33.3 Å². The van der Waals surface area contributed by atoms with Crippen molar-refractivity contribution in [2.45, 2.75) is 33.1 Å². The fourth-order valence-electron chi connectivity index (χ4n) is 3.91. The lowest BCUT2D eigenvalue weighted by atomic mass is 9.90. The number of benzene rings is 1. The van der Waals surface area contributed by atoms with E-state index in [4.69, 9.17) is 0 Å². The number of hydrogen-bond acceptors (Lipinski definition) is 6. The highest BCUT2D eigenvalue weighted by atomic mass is 16.2. The highest BCUT2D eigenvalue weighted by Gasteiger charge is 2.22. The van der Waals surface area contributed by atoms with E-state index in [1.165, 1.54) is 0 Å². The molecule has 4 rings (SSSR count). The number of nitriles is 1. The molecule has 3 aromatic heterocycles. The van der Waals surface area contributed by atoms with Crippen LogP contribution in [0.2, 0.25) is 0 Å². The van der Waals surface area contributed by atoms with Crippen LogP contribution < -0.4 is 10.6 Å². The quantitative estimate of drug-likeness (QED) is 0.352. The van der Waals surface area contributed by atoms with Gasteiger partial charge in [0, 0.05) is 41.9 Å². The van der Waals surface area contributed by atoms with Crippen molar-refractivity contribution in [2.24, 2.45) is 0 Å². The molecule has 2 N–H and O–H groups in total. The van der Waals surface area contributed by atoms with E-state index in [2.05, 4.69) is 31.7 Å². The molecular weight excluding hydrogens is 476 g/mol. The van der Waals surface area contributed by atoms with Gasteiger partial charge in [0.2, 0.25) is 0 Å². The maximum atomic E-state index is 13.0. The summed E-state index contributed by atoms with van der Waals surface area (Å²) < 4.78 is 0. The Balaban J connectivity index is 1.61. The maximum absolute atomic E-state index is 13.0. The smallest absolute Gasteiger partial charge is 0.269 e. The Bertz CT molecular complexity index is 1550. The van der Waals surface area contributed by atoms with Gasteiger partial charge in [-0.3, -0.25) is 24.5 Å². The van der Waals surface area contributed by atoms with Crippen molar-refractivity contribution >= 4 is 17.5 Å². The zero-order chi connectivity index (χ0) is 27.3. The third-order valence-corrected chi connectivity index (χ3v) is 6.13. The Hall–Kier alpha value is -4.90. The van der Waals surface area contributed by atoms with Crippen molar-refractivity contribution in [2.75, 3.05) is 11.9 Å². The molecule has 1 aromatic carbocycles. The van der Waals surface area contributed by atoms with Crippen LogP contribution in [0.1, 0.15) is 52.9 Å². The van der Waals surface area contributed by atoms with E-state index in [9.17, 15) is 14.9 Å². The predicted octanol–water partition coefficient (Wildman–Crippen LogP) is 5.32. The number of anilines is 1. The zero-order valence-corrected chi connectivity index (χ0v) is 21.7. The number of pyridine rings is 3. The molecule has 0 saturated heterocycles. The van der Waals surface area contributed by atoms with Gasteiger partial charge in [-0.1, -0.05) is 6.07 Å². The molecule has 0 bridgehead atoms. The average molecular weight is 505 g/mol. The Kier molecular flexibility index (Phi) is 7.58. The molecule has 0 aliphatic carbocycles. The molecule has 0 atom stereocenters. The van der Waals surface area contributed by atoms with Crippen LogP contribution in [0, 0.1) is 18.3 Å². The lowest BCUT2D eigenvalue weighted by Gasteiger charge is -2.15. The molecule has 0 fully saturated rings. The number of aryl methyl sites for hydroxylation is 1. The minimum atomic E-state index is -0.804. The van der Waals surface area contributed by atoms with Crippen LogP contribution in [-0.2, 0) is 5.41 Å². The maximum Gasteiger partial charge on any atom is 0.269 e. The summed E-state index contributed by atoms with van der Waals surface area (Å²) in [7, 11) is 0. The van der Waals surface area contributed by atoms with Crippen LogP contribution in [0.15, 0.2) is 73.2 Å². The summed E-state index contributed by atoms with van der Waals surface area (Å²) in [5.74, 6) is -0.524. The number of amides is 2. The van der Waals surface area contributed by atoms with Gasteiger partial charge in [0.1, 0.15) is 5.69 Å². The van der Waals surface area contributed by atoms with E-state index >= 15 is 0 Å². The summed E-state index contributed by atoms with van der Waals surface area (Å²) in [5.41, 5.74) is 5.48. The summed E-state index contributed by atoms with van der Waals surface area (Å²) in [6.45, 7) is 7.90. The molecule has 190 valence electrons. The predicted molar refractivity (Wildman–Crippen MR) is 146 cm³/mol. The SMILES string of the molecule is CCNC(=O)c1cc(-c2cc(-c3cc(NC(=O)c4ccnc(C(C)(C)C#N)c4)ccc3C)ccn2)ccn1. The number of aromatic nitrogens is 3. The van der Waals surface area contributed by atoms with Gasteiger partial charge in [0.15, 0.2) is 0 Å². The highest BCUT2D eigenvalue weighted by molar-refractivity contribution is 6.04. The first-order chi connectivity index (χ1) is 18.2. The van der Waals surface area contributed by atoms with Crippen LogP contribution in [0.25, 0.3) is 22.4 Å². The number of carbonyl (C=O) groups is 2. The Labute approximate surface area is 221 Å². The molecule has 38 heavy (non-hydrogen) atoms. The first-order valence-electron chi connectivity index (χ1n) is 12.2. The lowest BCUT2D eigenvalue weighted by Crippen LogP contribution is -2.23. The summed E-state index contributed by atoms with van der Waals surface area (Å²) in [6, 6.07) is 18.6. The summed E-state index contributed by atoms with van der Waals surface area (Å²) in [6.07, 6.45) is 4.85. The van der Waals surface area contributed by atoms with Gasteiger partial charge in [-0.2, -0.15) is 5.26 Å². The Morgan fingerprint density at radius 2 is 1.63 bits per heavy atom. The Morgan fingerprint density at radius 3 is 2.39 bits per heavy atom. The molecule has 0 radical (unpaired) electrons. The molecule has 8 nitrogen and oxygen atoms in total. The topological polar surface area (TPSA) is 121 Å². The molecule has 0 aliphatic rings. The molecule has 8 heteroatoms. The van der Waals surface area contributed by atoms with E-state index in [0.717, 1.165) is 22.3 Å². The lowest BCUT2D eigenvalue weighted by molar-refractivity contribution is 0.0950. The van der Waals surface area contributed by atoms with Gasteiger partial charge >= 0.3 is 0 Å². The number of nitrogens with zero attached hydrogens (tertiary/aromatic N) is 4. The first kappa shape index (κ1) is 26.2. The summed E-state index contributed by atoms with van der Waals surface area (Å²) >= 11 is 0. The van der Waals surface area contributed by atoms with Gasteiger partial charge in [-0.05, 0) is 92.9 Å². The molecule has 4 aromatic rings. The number of hydrogen-bond donors (Lipinski definition) is 2. The standard InChI is InChI=1S/C30H28N6O2/c1-5-32-29(38)26-15-21(9-12-34-26)25-14-20(8-11-33-25)24-17-23(7-6-19(24)2)36-28(37)22-10-13-35-27(16-22)30(3,4)18-31/h6-17H,5H2,1-4H3,(H,32,38)(H,36,37). The number of rotatable bonds is 7. The molecule has 0 spiro atoms. The number of nitrogens with one attached hydrogen (secondary N) is 2. The van der Waals surface area contributed by atoms with Crippen molar-refractivity contribution < 1.29 is 9.59 Å². The molecule has 0 aliphatic heterocycles. The monoisotopic (exact) mass is 504 g/mol. The van der Waals surface area contributed by atoms with E-state index in [0.29, 0.717) is 34.9 Å². The van der Waals surface area contributed by atoms with Crippen LogP contribution in [0.3, 0.4) is 0 Å². The summed E-state index contributed by atoms with van der Waals surface area (Å²) in [4.78, 5) is 38.2. The zero-order valence-electron chi connectivity index (χ0n) is 21.7. The summed E-state index contributed by atoms with van der Waals surface area (Å²) in [5, 5.41) is 15.1. The van der Waals surface area contributed by atoms with E-state index in [1.807, 2.05) is 50.2 Å². The molecular formula is C30H28N6O2. The second-order valence-corrected chi connectivity index (χ2v) is 9.37. The fourth-order valence-corrected chi connectivity index (χ4v) is 3.91. The third-order valence-electron chi connectivity index (χ3n) is 6.13. The Morgan fingerprint density at radius 1 is 0.895 bits per heavy atom. The van der Waals surface area contributed by atoms with Gasteiger partial charge in [0.25, 0.3) is 11.8 Å². The van der Waals surface area contributed by atoms with Gasteiger partial charge in [-0.25, -0.2) is 0 Å². The van der Waals surface area contributed by atoms with Crippen LogP contribution >= 0.6 is 0 Å². The van der Waals surface area contributed by atoms with Gasteiger partial charge in [0.05, 0.1) is 22.9 Å². The minimum absolute atomic E-state index is 0.234. The van der Waals surface area contributed by atoms with Crippen molar-refractivity contribution in [3.05, 3.63) is 95.7 Å². The molecule has 0 saturated carbocycles. The molecule has 2 amide bonds. The van der Waals surface area contributed by atoms with Crippen molar-refractivity contribution in [1.82, 2.24) is 20.3 Å². The van der Waals surface area contributed by atoms with Crippen LogP contribution in [0.4, 0.5) is 5.69 Å². The van der Waals surface area contributed by atoms with E-state index in [-0.39, 0.29) is 11.8 Å². The van der Waals surface area contributed by atoms with Gasteiger partial charge < -0.3 is 10.6 Å². The fraction of sp³-hybridized carbons (Fsp3) is 0.200. The molecule has 0 unspecified atom stereocenters. The number of carbonyl (C=O) groups excluding carboxylic acids is 2. The average Bonchev–Trinajstić information content (AvgIpc) is 2.94. The third kappa shape index (κ3) is 5.73.